The first-order valence-corrected chi connectivity index (χ1v) is 11.3. The maximum absolute atomic E-state index is 5.69. The lowest BCUT2D eigenvalue weighted by Crippen LogP contribution is -2.52. The number of nitrogens with zero attached hydrogens (tertiary/aromatic N) is 2. The first kappa shape index (κ1) is 24.4. The number of aliphatic imine (C=N–C) groups is 1. The van der Waals surface area contributed by atoms with Crippen molar-refractivity contribution in [3.05, 3.63) is 23.8 Å². The van der Waals surface area contributed by atoms with Crippen LogP contribution >= 0.6 is 24.0 Å². The Morgan fingerprint density at radius 3 is 2.55 bits per heavy atom. The summed E-state index contributed by atoms with van der Waals surface area (Å²) in [6, 6.07) is 7.46. The number of piperidine rings is 1. The van der Waals surface area contributed by atoms with Crippen molar-refractivity contribution in [3.8, 4) is 11.5 Å². The summed E-state index contributed by atoms with van der Waals surface area (Å²) >= 11 is 0. The van der Waals surface area contributed by atoms with Crippen LogP contribution in [0.3, 0.4) is 0 Å². The Balaban J connectivity index is 0.00000272. The molecule has 7 nitrogen and oxygen atoms in total. The monoisotopic (exact) mass is 544 g/mol. The zero-order valence-corrected chi connectivity index (χ0v) is 21.3. The summed E-state index contributed by atoms with van der Waals surface area (Å²) in [6.45, 7) is 9.51. The Morgan fingerprint density at radius 2 is 1.87 bits per heavy atom. The van der Waals surface area contributed by atoms with Gasteiger partial charge in [-0.3, -0.25) is 4.99 Å². The molecule has 2 saturated heterocycles. The summed E-state index contributed by atoms with van der Waals surface area (Å²) < 4.78 is 16.8. The number of guanidine groups is 1. The van der Waals surface area contributed by atoms with Crippen LogP contribution in [0.25, 0.3) is 0 Å². The van der Waals surface area contributed by atoms with Crippen molar-refractivity contribution in [2.75, 3.05) is 46.7 Å². The predicted octanol–water partition coefficient (Wildman–Crippen LogP) is 3.12. The van der Waals surface area contributed by atoms with E-state index in [0.717, 1.165) is 76.0 Å². The molecule has 0 spiro atoms. The van der Waals surface area contributed by atoms with E-state index in [1.165, 1.54) is 5.56 Å². The highest BCUT2D eigenvalue weighted by molar-refractivity contribution is 14.0. The summed E-state index contributed by atoms with van der Waals surface area (Å²) in [5.74, 6) is 2.57. The van der Waals surface area contributed by atoms with Gasteiger partial charge in [-0.25, -0.2) is 0 Å². The molecule has 0 unspecified atom stereocenters. The van der Waals surface area contributed by atoms with Gasteiger partial charge in [0.1, 0.15) is 0 Å². The molecule has 0 bridgehead atoms. The van der Waals surface area contributed by atoms with Crippen LogP contribution < -0.4 is 20.1 Å². The van der Waals surface area contributed by atoms with E-state index < -0.39 is 0 Å². The summed E-state index contributed by atoms with van der Waals surface area (Å²) in [4.78, 5) is 7.05. The second kappa shape index (κ2) is 11.0. The summed E-state index contributed by atoms with van der Waals surface area (Å²) in [7, 11) is 1.86. The average molecular weight is 544 g/mol. The van der Waals surface area contributed by atoms with Gasteiger partial charge in [0, 0.05) is 57.4 Å². The van der Waals surface area contributed by atoms with Crippen molar-refractivity contribution in [3.63, 3.8) is 0 Å². The SMILES string of the molecule is CN=C(NCC1(c2ccc3c(c2)OCO3)CCOCC1)NC1CCN(C(C)C)CC1.I. The van der Waals surface area contributed by atoms with Gasteiger partial charge in [-0.2, -0.15) is 0 Å². The summed E-state index contributed by atoms with van der Waals surface area (Å²) in [6.07, 6.45) is 4.26. The Labute approximate surface area is 203 Å². The maximum atomic E-state index is 5.69. The number of hydrogen-bond acceptors (Lipinski definition) is 5. The van der Waals surface area contributed by atoms with Gasteiger partial charge in [-0.05, 0) is 57.2 Å². The highest BCUT2D eigenvalue weighted by Crippen LogP contribution is 2.40. The minimum Gasteiger partial charge on any atom is -0.454 e. The topological polar surface area (TPSA) is 67.4 Å². The molecule has 0 amide bonds. The number of halogens is 1. The lowest BCUT2D eigenvalue weighted by molar-refractivity contribution is 0.0512. The van der Waals surface area contributed by atoms with Gasteiger partial charge >= 0.3 is 0 Å². The van der Waals surface area contributed by atoms with Gasteiger partial charge in [-0.1, -0.05) is 6.07 Å². The van der Waals surface area contributed by atoms with Crippen LogP contribution in [-0.2, 0) is 10.2 Å². The molecule has 0 aromatic heterocycles. The molecule has 3 aliphatic rings. The standard InChI is InChI=1S/C23H36N4O3.HI/c1-17(2)27-10-6-19(7-11-27)26-22(24-3)25-15-23(8-12-28-13-9-23)18-4-5-20-21(14-18)30-16-29-20;/h4-5,14,17,19H,6-13,15-16H2,1-3H3,(H2,24,25,26);1H. The molecule has 31 heavy (non-hydrogen) atoms. The van der Waals surface area contributed by atoms with Crippen LogP contribution in [0.15, 0.2) is 23.2 Å². The third-order valence-electron chi connectivity index (χ3n) is 6.85. The zero-order valence-electron chi connectivity index (χ0n) is 19.0. The molecule has 3 heterocycles. The van der Waals surface area contributed by atoms with Crippen molar-refractivity contribution < 1.29 is 14.2 Å². The Morgan fingerprint density at radius 1 is 1.16 bits per heavy atom. The highest BCUT2D eigenvalue weighted by atomic mass is 127. The number of benzene rings is 1. The second-order valence-corrected chi connectivity index (χ2v) is 8.93. The fourth-order valence-corrected chi connectivity index (χ4v) is 4.76. The second-order valence-electron chi connectivity index (χ2n) is 8.93. The van der Waals surface area contributed by atoms with E-state index >= 15 is 0 Å². The van der Waals surface area contributed by atoms with E-state index in [1.807, 2.05) is 13.1 Å². The largest absolute Gasteiger partial charge is 0.454 e. The summed E-state index contributed by atoms with van der Waals surface area (Å²) in [5, 5.41) is 7.28. The van der Waals surface area contributed by atoms with Crippen LogP contribution in [0, 0.1) is 0 Å². The lowest BCUT2D eigenvalue weighted by atomic mass is 9.74. The third-order valence-corrected chi connectivity index (χ3v) is 6.85. The number of nitrogens with one attached hydrogen (secondary N) is 2. The van der Waals surface area contributed by atoms with E-state index in [1.54, 1.807) is 0 Å². The molecule has 3 aliphatic heterocycles. The van der Waals surface area contributed by atoms with Crippen molar-refractivity contribution in [2.45, 2.75) is 57.0 Å². The van der Waals surface area contributed by atoms with Crippen LogP contribution in [0.4, 0.5) is 0 Å². The quantitative estimate of drug-likeness (QED) is 0.338. The fraction of sp³-hybridized carbons (Fsp3) is 0.696. The average Bonchev–Trinajstić information content (AvgIpc) is 3.25. The maximum Gasteiger partial charge on any atom is 0.231 e. The van der Waals surface area contributed by atoms with Gasteiger partial charge in [0.25, 0.3) is 0 Å². The molecule has 2 N–H and O–H groups in total. The number of fused-ring (bicyclic) bond motifs is 1. The summed E-state index contributed by atoms with van der Waals surface area (Å²) in [5.41, 5.74) is 1.28. The van der Waals surface area contributed by atoms with E-state index in [4.69, 9.17) is 14.2 Å². The molecular weight excluding hydrogens is 507 g/mol. The van der Waals surface area contributed by atoms with Gasteiger partial charge in [0.2, 0.25) is 6.79 Å². The van der Waals surface area contributed by atoms with Crippen molar-refractivity contribution in [2.24, 2.45) is 4.99 Å². The molecule has 1 aromatic rings. The van der Waals surface area contributed by atoms with Crippen LogP contribution in [-0.4, -0.2) is 69.6 Å². The number of ether oxygens (including phenoxy) is 3. The van der Waals surface area contributed by atoms with Crippen molar-refractivity contribution in [1.29, 1.82) is 0 Å². The van der Waals surface area contributed by atoms with E-state index in [2.05, 4.69) is 46.5 Å². The smallest absolute Gasteiger partial charge is 0.231 e. The van der Waals surface area contributed by atoms with Crippen LogP contribution in [0.5, 0.6) is 11.5 Å². The van der Waals surface area contributed by atoms with Crippen molar-refractivity contribution in [1.82, 2.24) is 15.5 Å². The highest BCUT2D eigenvalue weighted by Gasteiger charge is 2.36. The van der Waals surface area contributed by atoms with Crippen LogP contribution in [0.1, 0.15) is 45.1 Å². The molecule has 4 rings (SSSR count). The molecule has 0 atom stereocenters. The molecule has 0 aliphatic carbocycles. The molecule has 0 saturated carbocycles. The predicted molar refractivity (Wildman–Crippen MR) is 134 cm³/mol. The zero-order chi connectivity index (χ0) is 21.0. The fourth-order valence-electron chi connectivity index (χ4n) is 4.76. The lowest BCUT2D eigenvalue weighted by Gasteiger charge is -2.39. The normalized spacial score (nSPS) is 21.6. The number of hydrogen-bond donors (Lipinski definition) is 2. The minimum absolute atomic E-state index is 0. The van der Waals surface area contributed by atoms with E-state index in [9.17, 15) is 0 Å². The van der Waals surface area contributed by atoms with E-state index in [0.29, 0.717) is 18.9 Å². The molecule has 0 radical (unpaired) electrons. The molecular formula is C23H37IN4O3. The minimum atomic E-state index is -0.00213. The molecule has 2 fully saturated rings. The Kier molecular flexibility index (Phi) is 8.69. The third kappa shape index (κ3) is 5.76. The van der Waals surface area contributed by atoms with Gasteiger partial charge < -0.3 is 29.7 Å². The van der Waals surface area contributed by atoms with Crippen molar-refractivity contribution >= 4 is 29.9 Å². The first-order valence-electron chi connectivity index (χ1n) is 11.3. The molecule has 1 aromatic carbocycles. The van der Waals surface area contributed by atoms with Gasteiger partial charge in [0.15, 0.2) is 17.5 Å². The van der Waals surface area contributed by atoms with E-state index in [-0.39, 0.29) is 29.4 Å². The Bertz CT molecular complexity index is 744. The van der Waals surface area contributed by atoms with Gasteiger partial charge in [-0.15, -0.1) is 24.0 Å². The number of likely N-dealkylation sites (tertiary alicyclic amines) is 1. The Hall–Kier alpha value is -1.26. The first-order chi connectivity index (χ1) is 14.6. The van der Waals surface area contributed by atoms with Gasteiger partial charge in [0.05, 0.1) is 0 Å². The molecule has 174 valence electrons. The molecule has 8 heteroatoms. The van der Waals surface area contributed by atoms with Crippen LogP contribution in [0.2, 0.25) is 0 Å². The number of rotatable bonds is 5.